The summed E-state index contributed by atoms with van der Waals surface area (Å²) in [7, 11) is -2.62. The maximum Gasteiger partial charge on any atom is 0.306 e. The van der Waals surface area contributed by atoms with Crippen molar-refractivity contribution in [2.45, 2.75) is 118 Å². The monoisotopic (exact) mass is 594 g/mol. The molecular formula is C34H59O6P. The fourth-order valence-electron chi connectivity index (χ4n) is 9.67. The molecule has 0 radical (unpaired) electrons. The van der Waals surface area contributed by atoms with E-state index >= 15 is 0 Å². The highest BCUT2D eigenvalue weighted by Crippen LogP contribution is 2.67. The van der Waals surface area contributed by atoms with Gasteiger partial charge >= 0.3 is 5.97 Å². The number of carbonyl (C=O) groups excluding carboxylic acids is 1. The first kappa shape index (κ1) is 33.2. The smallest absolute Gasteiger partial charge is 0.306 e. The van der Waals surface area contributed by atoms with Crippen LogP contribution >= 0.6 is 8.03 Å². The number of carbonyl (C=O) groups is 1. The van der Waals surface area contributed by atoms with Gasteiger partial charge in [0.25, 0.3) is 0 Å². The number of hydrogen-bond acceptors (Lipinski definition) is 5. The van der Waals surface area contributed by atoms with Gasteiger partial charge in [0, 0.05) is 6.16 Å². The number of allylic oxidation sites excluding steroid dienone is 1. The van der Waals surface area contributed by atoms with E-state index in [1.54, 1.807) is 5.57 Å². The summed E-state index contributed by atoms with van der Waals surface area (Å²) >= 11 is 0. The van der Waals surface area contributed by atoms with Crippen LogP contribution in [-0.4, -0.2) is 49.6 Å². The topological polar surface area (TPSA) is 82.1 Å². The molecule has 0 bridgehead atoms. The van der Waals surface area contributed by atoms with Crippen LogP contribution in [0, 0.1) is 46.3 Å². The van der Waals surface area contributed by atoms with Crippen molar-refractivity contribution in [1.29, 1.82) is 0 Å². The van der Waals surface area contributed by atoms with Crippen LogP contribution in [0.3, 0.4) is 0 Å². The van der Waals surface area contributed by atoms with Crippen LogP contribution in [0.1, 0.15) is 112 Å². The zero-order chi connectivity index (χ0) is 29.6. The summed E-state index contributed by atoms with van der Waals surface area (Å²) < 4.78 is 27.6. The van der Waals surface area contributed by atoms with Gasteiger partial charge in [0.2, 0.25) is 0 Å². The third kappa shape index (κ3) is 8.08. The molecule has 0 aromatic carbocycles. The van der Waals surface area contributed by atoms with Gasteiger partial charge in [0.1, 0.15) is 6.61 Å². The van der Waals surface area contributed by atoms with Crippen LogP contribution in [0.15, 0.2) is 11.6 Å². The molecule has 0 spiro atoms. The molecule has 4 aliphatic rings. The average molecular weight is 595 g/mol. The van der Waals surface area contributed by atoms with Gasteiger partial charge in [0.05, 0.1) is 32.3 Å². The number of fused-ring (bicyclic) bond motifs is 5. The standard InChI is InChI=1S/C34H59O6P/c1-24(2)7-6-8-25(3)29-11-12-30-28-10-9-26-23-27(13-16-33(26,4)31(28)14-17-34(29,30)5)39-20-18-38-19-21-40-32(35)15-22-41(36)37/h9,24-25,27-31,41H,6-8,10-23H2,1-5H3,(H,36,37)/t25-,27+,28+,29-,30+,31+,33+,34-/m1/s1. The van der Waals surface area contributed by atoms with E-state index in [4.69, 9.17) is 19.1 Å². The Morgan fingerprint density at radius 1 is 1.02 bits per heavy atom. The normalized spacial score (nSPS) is 36.2. The first-order chi connectivity index (χ1) is 19.5. The molecule has 4 rings (SSSR count). The molecule has 0 amide bonds. The molecule has 236 valence electrons. The van der Waals surface area contributed by atoms with E-state index in [0.717, 1.165) is 48.3 Å². The number of ether oxygens (including phenoxy) is 3. The third-order valence-corrected chi connectivity index (χ3v) is 12.6. The van der Waals surface area contributed by atoms with E-state index in [9.17, 15) is 9.36 Å². The summed E-state index contributed by atoms with van der Waals surface area (Å²) in [5.74, 6) is 4.75. The van der Waals surface area contributed by atoms with Gasteiger partial charge in [-0.2, -0.15) is 0 Å². The second-order valence-electron chi connectivity index (χ2n) is 14.8. The van der Waals surface area contributed by atoms with E-state index in [1.807, 2.05) is 0 Å². The fourth-order valence-corrected chi connectivity index (χ4v) is 10.1. The van der Waals surface area contributed by atoms with Crippen molar-refractivity contribution < 1.29 is 28.5 Å². The first-order valence-electron chi connectivity index (χ1n) is 16.8. The summed E-state index contributed by atoms with van der Waals surface area (Å²) in [5.41, 5.74) is 2.54. The highest BCUT2D eigenvalue weighted by Gasteiger charge is 2.59. The Labute approximate surface area is 250 Å². The lowest BCUT2D eigenvalue weighted by Crippen LogP contribution is -2.51. The lowest BCUT2D eigenvalue weighted by Gasteiger charge is -2.58. The fraction of sp³-hybridized carbons (Fsp3) is 0.912. The molecule has 4 aliphatic carbocycles. The minimum absolute atomic E-state index is 0.0190. The second kappa shape index (κ2) is 14.9. The van der Waals surface area contributed by atoms with E-state index in [-0.39, 0.29) is 25.3 Å². The molecule has 9 atom stereocenters. The first-order valence-corrected chi connectivity index (χ1v) is 18.4. The Balaban J connectivity index is 1.21. The van der Waals surface area contributed by atoms with Crippen molar-refractivity contribution in [3.63, 3.8) is 0 Å². The van der Waals surface area contributed by atoms with Crippen molar-refractivity contribution in [3.05, 3.63) is 11.6 Å². The van der Waals surface area contributed by atoms with Crippen LogP contribution in [0.25, 0.3) is 0 Å². The Morgan fingerprint density at radius 2 is 1.80 bits per heavy atom. The van der Waals surface area contributed by atoms with E-state index in [0.29, 0.717) is 30.7 Å². The van der Waals surface area contributed by atoms with Gasteiger partial charge in [0.15, 0.2) is 8.03 Å². The largest absolute Gasteiger partial charge is 0.463 e. The minimum Gasteiger partial charge on any atom is -0.463 e. The van der Waals surface area contributed by atoms with Gasteiger partial charge < -0.3 is 19.1 Å². The summed E-state index contributed by atoms with van der Waals surface area (Å²) in [6.07, 6.45) is 17.5. The van der Waals surface area contributed by atoms with Crippen molar-refractivity contribution in [1.82, 2.24) is 0 Å². The van der Waals surface area contributed by atoms with Crippen LogP contribution in [0.5, 0.6) is 0 Å². The predicted molar refractivity (Wildman–Crippen MR) is 165 cm³/mol. The van der Waals surface area contributed by atoms with Gasteiger partial charge in [-0.05, 0) is 97.7 Å². The minimum atomic E-state index is -2.62. The molecule has 0 aliphatic heterocycles. The lowest BCUT2D eigenvalue weighted by atomic mass is 9.47. The van der Waals surface area contributed by atoms with Gasteiger partial charge in [-0.25, -0.2) is 0 Å². The number of hydrogen-bond donors (Lipinski definition) is 1. The molecule has 3 fully saturated rings. The zero-order valence-electron chi connectivity index (χ0n) is 26.6. The van der Waals surface area contributed by atoms with Crippen molar-refractivity contribution in [3.8, 4) is 0 Å². The third-order valence-electron chi connectivity index (χ3n) is 11.9. The molecule has 0 saturated heterocycles. The summed E-state index contributed by atoms with van der Waals surface area (Å²) in [4.78, 5) is 20.3. The van der Waals surface area contributed by atoms with E-state index < -0.39 is 14.0 Å². The Kier molecular flexibility index (Phi) is 12.0. The molecule has 0 aromatic rings. The maximum absolute atomic E-state index is 11.5. The summed E-state index contributed by atoms with van der Waals surface area (Å²) in [5, 5.41) is 0. The predicted octanol–water partition coefficient (Wildman–Crippen LogP) is 7.83. The molecule has 41 heavy (non-hydrogen) atoms. The SMILES string of the molecule is CC(C)CCC[C@@H](C)[C@H]1CC[C@H]2[C@@H]3CC=C4C[C@@H](OCCOCCOC(=O)CC[PH](=O)O)CC[C@]4(C)[C@H]3CC[C@]12C. The Hall–Kier alpha value is -0.680. The van der Waals surface area contributed by atoms with Crippen LogP contribution in [-0.2, 0) is 23.6 Å². The van der Waals surface area contributed by atoms with Gasteiger partial charge in [-0.15, -0.1) is 0 Å². The lowest BCUT2D eigenvalue weighted by molar-refractivity contribution is -0.145. The zero-order valence-corrected chi connectivity index (χ0v) is 27.6. The van der Waals surface area contributed by atoms with Crippen LogP contribution in [0.2, 0.25) is 0 Å². The van der Waals surface area contributed by atoms with Gasteiger partial charge in [-0.1, -0.05) is 65.5 Å². The van der Waals surface area contributed by atoms with Crippen LogP contribution < -0.4 is 0 Å². The van der Waals surface area contributed by atoms with Crippen molar-refractivity contribution in [2.75, 3.05) is 32.6 Å². The highest BCUT2D eigenvalue weighted by atomic mass is 31.1. The van der Waals surface area contributed by atoms with E-state index in [1.165, 1.54) is 57.8 Å². The molecule has 1 N–H and O–H groups in total. The number of rotatable bonds is 15. The molecule has 1 unspecified atom stereocenters. The van der Waals surface area contributed by atoms with E-state index in [2.05, 4.69) is 40.7 Å². The molecule has 0 heterocycles. The highest BCUT2D eigenvalue weighted by molar-refractivity contribution is 7.38. The molecular weight excluding hydrogens is 535 g/mol. The maximum atomic E-state index is 11.5. The van der Waals surface area contributed by atoms with Gasteiger partial charge in [-0.3, -0.25) is 9.36 Å². The average Bonchev–Trinajstić information content (AvgIpc) is 3.28. The summed E-state index contributed by atoms with van der Waals surface area (Å²) in [6, 6.07) is 0. The summed E-state index contributed by atoms with van der Waals surface area (Å²) in [6.45, 7) is 14.1. The van der Waals surface area contributed by atoms with Crippen LogP contribution in [0.4, 0.5) is 0 Å². The van der Waals surface area contributed by atoms with Crippen molar-refractivity contribution in [2.24, 2.45) is 46.3 Å². The Bertz CT molecular complexity index is 919. The molecule has 0 aromatic heterocycles. The quantitative estimate of drug-likeness (QED) is 0.0901. The Morgan fingerprint density at radius 3 is 2.56 bits per heavy atom. The molecule has 7 heteroatoms. The molecule has 3 saturated carbocycles. The number of esters is 1. The second-order valence-corrected chi connectivity index (χ2v) is 16.0. The van der Waals surface area contributed by atoms with Crippen molar-refractivity contribution >= 4 is 14.0 Å². The molecule has 6 nitrogen and oxygen atoms in total.